The first-order valence-corrected chi connectivity index (χ1v) is 12.5. The molecule has 0 aliphatic heterocycles. The van der Waals surface area contributed by atoms with Crippen molar-refractivity contribution in [2.45, 2.75) is 51.6 Å². The Balaban J connectivity index is 1.66. The van der Waals surface area contributed by atoms with Crippen LogP contribution in [0.4, 0.5) is 0 Å². The average molecular weight is 568 g/mol. The van der Waals surface area contributed by atoms with Gasteiger partial charge in [-0.2, -0.15) is 0 Å². The predicted molar refractivity (Wildman–Crippen MR) is 132 cm³/mol. The number of halogens is 2. The molecule has 32 heavy (non-hydrogen) atoms. The predicted octanol–water partition coefficient (Wildman–Crippen LogP) is 5.48. The lowest BCUT2D eigenvalue weighted by molar-refractivity contribution is 0.0862. The molecule has 0 spiro atoms. The van der Waals surface area contributed by atoms with Gasteiger partial charge in [-0.15, -0.1) is 0 Å². The summed E-state index contributed by atoms with van der Waals surface area (Å²) in [5.41, 5.74) is 1.10. The van der Waals surface area contributed by atoms with Crippen LogP contribution in [0.25, 0.3) is 0 Å². The lowest BCUT2D eigenvalue weighted by Gasteiger charge is -2.33. The summed E-state index contributed by atoms with van der Waals surface area (Å²) in [5, 5.41) is 6.23. The first-order chi connectivity index (χ1) is 15.4. The van der Waals surface area contributed by atoms with Gasteiger partial charge >= 0.3 is 0 Å². The van der Waals surface area contributed by atoms with Crippen molar-refractivity contribution in [3.63, 3.8) is 0 Å². The van der Waals surface area contributed by atoms with Gasteiger partial charge in [0, 0.05) is 23.2 Å². The highest BCUT2D eigenvalue weighted by Gasteiger charge is 2.28. The maximum Gasteiger partial charge on any atom is 0.251 e. The normalized spacial score (nSPS) is 18.0. The van der Waals surface area contributed by atoms with Crippen molar-refractivity contribution in [3.8, 4) is 11.5 Å². The molecule has 1 fully saturated rings. The van der Waals surface area contributed by atoms with Gasteiger partial charge in [0.05, 0.1) is 22.2 Å². The zero-order valence-corrected chi connectivity index (χ0v) is 21.4. The van der Waals surface area contributed by atoms with E-state index in [-0.39, 0.29) is 23.9 Å². The number of carbonyl (C=O) groups is 2. The van der Waals surface area contributed by atoms with Crippen LogP contribution in [0.1, 0.15) is 60.2 Å². The zero-order chi connectivity index (χ0) is 23.1. The van der Waals surface area contributed by atoms with E-state index >= 15 is 0 Å². The molecule has 8 heteroatoms. The van der Waals surface area contributed by atoms with E-state index in [4.69, 9.17) is 9.47 Å². The summed E-state index contributed by atoms with van der Waals surface area (Å²) in [5.74, 6) is 1.08. The van der Waals surface area contributed by atoms with Crippen LogP contribution in [-0.2, 0) is 0 Å². The molecule has 172 valence electrons. The molecule has 0 bridgehead atoms. The molecule has 2 aromatic carbocycles. The van der Waals surface area contributed by atoms with Crippen molar-refractivity contribution in [1.82, 2.24) is 10.6 Å². The highest BCUT2D eigenvalue weighted by Crippen LogP contribution is 2.28. The van der Waals surface area contributed by atoms with Gasteiger partial charge < -0.3 is 20.1 Å². The second kappa shape index (κ2) is 11.7. The molecule has 2 atom stereocenters. The van der Waals surface area contributed by atoms with Crippen LogP contribution in [0.2, 0.25) is 0 Å². The van der Waals surface area contributed by atoms with Gasteiger partial charge in [0.15, 0.2) is 0 Å². The number of amides is 2. The van der Waals surface area contributed by atoms with Crippen molar-refractivity contribution < 1.29 is 19.1 Å². The Bertz CT molecular complexity index is 890. The van der Waals surface area contributed by atoms with E-state index < -0.39 is 0 Å². The largest absolute Gasteiger partial charge is 0.493 e. The zero-order valence-electron chi connectivity index (χ0n) is 18.3. The lowest BCUT2D eigenvalue weighted by Crippen LogP contribution is -2.53. The number of benzene rings is 2. The number of carbonyl (C=O) groups excluding carboxylic acids is 2. The minimum Gasteiger partial charge on any atom is -0.493 e. The molecule has 0 aromatic heterocycles. The molecule has 0 radical (unpaired) electrons. The molecule has 6 nitrogen and oxygen atoms in total. The maximum atomic E-state index is 12.9. The van der Waals surface area contributed by atoms with E-state index in [1.807, 2.05) is 13.8 Å². The topological polar surface area (TPSA) is 76.7 Å². The monoisotopic (exact) mass is 566 g/mol. The quantitative estimate of drug-likeness (QED) is 0.443. The van der Waals surface area contributed by atoms with E-state index in [2.05, 4.69) is 42.5 Å². The molecular weight excluding hydrogens is 540 g/mol. The van der Waals surface area contributed by atoms with Crippen LogP contribution in [0, 0.1) is 0 Å². The van der Waals surface area contributed by atoms with Crippen molar-refractivity contribution in [2.24, 2.45) is 0 Å². The molecule has 2 unspecified atom stereocenters. The van der Waals surface area contributed by atoms with Gasteiger partial charge in [-0.25, -0.2) is 0 Å². The van der Waals surface area contributed by atoms with Gasteiger partial charge in [0.1, 0.15) is 11.5 Å². The Labute approximate surface area is 205 Å². The van der Waals surface area contributed by atoms with Gasteiger partial charge in [-0.3, -0.25) is 9.59 Å². The van der Waals surface area contributed by atoms with E-state index in [0.717, 1.165) is 34.6 Å². The summed E-state index contributed by atoms with van der Waals surface area (Å²) in [4.78, 5) is 25.7. The van der Waals surface area contributed by atoms with E-state index in [1.165, 1.54) is 0 Å². The molecule has 0 saturated heterocycles. The smallest absolute Gasteiger partial charge is 0.251 e. The van der Waals surface area contributed by atoms with Crippen LogP contribution in [0.3, 0.4) is 0 Å². The highest BCUT2D eigenvalue weighted by molar-refractivity contribution is 9.10. The Hall–Kier alpha value is -2.06. The van der Waals surface area contributed by atoms with E-state index in [9.17, 15) is 9.59 Å². The fraction of sp³-hybridized carbons (Fsp3) is 0.417. The molecular formula is C24H28Br2N2O4. The van der Waals surface area contributed by atoms with Crippen molar-refractivity contribution in [2.75, 3.05) is 13.2 Å². The molecule has 2 aromatic rings. The molecule has 1 aliphatic rings. The van der Waals surface area contributed by atoms with Crippen LogP contribution in [-0.4, -0.2) is 37.1 Å². The summed E-state index contributed by atoms with van der Waals surface area (Å²) in [6, 6.07) is 10.3. The third-order valence-corrected chi connectivity index (χ3v) is 6.63. The molecule has 1 saturated carbocycles. The lowest BCUT2D eigenvalue weighted by atomic mass is 9.89. The van der Waals surface area contributed by atoms with Crippen LogP contribution in [0.15, 0.2) is 45.3 Å². The third-order valence-electron chi connectivity index (χ3n) is 5.39. The minimum atomic E-state index is -0.163. The number of rotatable bonds is 8. The van der Waals surface area contributed by atoms with Crippen LogP contribution < -0.4 is 20.1 Å². The maximum absolute atomic E-state index is 12.9. The van der Waals surface area contributed by atoms with Gasteiger partial charge in [0.2, 0.25) is 0 Å². The summed E-state index contributed by atoms with van der Waals surface area (Å²) >= 11 is 6.92. The third kappa shape index (κ3) is 6.25. The van der Waals surface area contributed by atoms with Gasteiger partial charge in [0.25, 0.3) is 11.8 Å². The average Bonchev–Trinajstić information content (AvgIpc) is 2.78. The fourth-order valence-corrected chi connectivity index (χ4v) is 4.80. The molecule has 2 N–H and O–H groups in total. The number of ether oxygens (including phenoxy) is 2. The van der Waals surface area contributed by atoms with Crippen molar-refractivity contribution in [3.05, 3.63) is 56.5 Å². The summed E-state index contributed by atoms with van der Waals surface area (Å²) < 4.78 is 12.5. The number of nitrogens with one attached hydrogen (secondary N) is 2. The van der Waals surface area contributed by atoms with Gasteiger partial charge in [-0.1, -0.05) is 12.8 Å². The molecule has 2 amide bonds. The first kappa shape index (κ1) is 24.6. The standard InChI is InChI=1S/C24H28Br2N2O4/c1-3-31-21-11-9-15(13-17(21)25)23(29)27-19-7-5-6-8-20(19)28-24(30)16-10-12-22(32-4-2)18(26)14-16/h9-14,19-20H,3-8H2,1-2H3,(H,27,29)(H,28,30). The number of hydrogen-bond donors (Lipinski definition) is 2. The summed E-state index contributed by atoms with van der Waals surface area (Å²) in [6.07, 6.45) is 3.67. The Morgan fingerprint density at radius 3 is 1.56 bits per heavy atom. The van der Waals surface area contributed by atoms with Crippen LogP contribution >= 0.6 is 31.9 Å². The molecule has 1 aliphatic carbocycles. The van der Waals surface area contributed by atoms with Crippen molar-refractivity contribution >= 4 is 43.7 Å². The molecule has 0 heterocycles. The Morgan fingerprint density at radius 2 is 1.22 bits per heavy atom. The summed E-state index contributed by atoms with van der Waals surface area (Å²) in [7, 11) is 0. The second-order valence-electron chi connectivity index (χ2n) is 7.60. The molecule has 3 rings (SSSR count). The highest BCUT2D eigenvalue weighted by atomic mass is 79.9. The second-order valence-corrected chi connectivity index (χ2v) is 9.31. The van der Waals surface area contributed by atoms with Crippen LogP contribution in [0.5, 0.6) is 11.5 Å². The van der Waals surface area contributed by atoms with E-state index in [1.54, 1.807) is 36.4 Å². The summed E-state index contributed by atoms with van der Waals surface area (Å²) in [6.45, 7) is 4.93. The number of hydrogen-bond acceptors (Lipinski definition) is 4. The minimum absolute atomic E-state index is 0.128. The Morgan fingerprint density at radius 1 is 0.812 bits per heavy atom. The SMILES string of the molecule is CCOc1ccc(C(=O)NC2CCCCC2NC(=O)c2ccc(OCC)c(Br)c2)cc1Br. The fourth-order valence-electron chi connectivity index (χ4n) is 3.81. The van der Waals surface area contributed by atoms with E-state index in [0.29, 0.717) is 35.8 Å². The van der Waals surface area contributed by atoms with Gasteiger partial charge in [-0.05, 0) is 94.9 Å². The first-order valence-electron chi connectivity index (χ1n) is 10.9. The van der Waals surface area contributed by atoms with Crippen molar-refractivity contribution in [1.29, 1.82) is 0 Å². The Kier molecular flexibility index (Phi) is 8.99.